The van der Waals surface area contributed by atoms with Crippen LogP contribution in [0.5, 0.6) is 5.75 Å². The van der Waals surface area contributed by atoms with Crippen LogP contribution in [0.25, 0.3) is 27.7 Å². The standard InChI is InChI=1S/C23H16N2O3/c26-21-10-9-19(15-4-1-2-5-17(15)21)24-13-18-16-8-7-14(22-6-3-11-28-22)12-20(16)25-23(18)27/h1-13,24,26H,(H,25,27). The van der Waals surface area contributed by atoms with Gasteiger partial charge in [-0.05, 0) is 30.3 Å². The van der Waals surface area contributed by atoms with Crippen LogP contribution in [0.3, 0.4) is 0 Å². The summed E-state index contributed by atoms with van der Waals surface area (Å²) in [6.45, 7) is 0. The second-order valence-electron chi connectivity index (χ2n) is 6.57. The van der Waals surface area contributed by atoms with Gasteiger partial charge in [0, 0.05) is 39.5 Å². The van der Waals surface area contributed by atoms with Crippen LogP contribution in [-0.2, 0) is 4.79 Å². The summed E-state index contributed by atoms with van der Waals surface area (Å²) in [6.07, 6.45) is 3.32. The molecule has 5 nitrogen and oxygen atoms in total. The Kier molecular flexibility index (Phi) is 3.66. The Morgan fingerprint density at radius 1 is 0.964 bits per heavy atom. The van der Waals surface area contributed by atoms with Crippen LogP contribution in [0.4, 0.5) is 11.4 Å². The van der Waals surface area contributed by atoms with Gasteiger partial charge in [-0.25, -0.2) is 0 Å². The van der Waals surface area contributed by atoms with Gasteiger partial charge in [-0.2, -0.15) is 0 Å². The molecular formula is C23H16N2O3. The zero-order chi connectivity index (χ0) is 19.1. The number of carbonyl (C=O) groups is 1. The zero-order valence-electron chi connectivity index (χ0n) is 14.8. The number of fused-ring (bicyclic) bond motifs is 2. The minimum Gasteiger partial charge on any atom is -0.507 e. The summed E-state index contributed by atoms with van der Waals surface area (Å²) in [6, 6.07) is 20.5. The molecule has 0 saturated heterocycles. The molecular weight excluding hydrogens is 352 g/mol. The van der Waals surface area contributed by atoms with Crippen molar-refractivity contribution in [3.05, 3.63) is 84.8 Å². The SMILES string of the molecule is O=C1Nc2cc(-c3ccco3)ccc2C1=CNc1ccc(O)c2ccccc12. The molecule has 1 aliphatic heterocycles. The molecule has 2 heterocycles. The molecule has 5 heteroatoms. The van der Waals surface area contributed by atoms with Crippen molar-refractivity contribution >= 4 is 33.6 Å². The van der Waals surface area contributed by atoms with E-state index in [1.807, 2.05) is 54.6 Å². The highest BCUT2D eigenvalue weighted by atomic mass is 16.3. The average Bonchev–Trinajstić information content (AvgIpc) is 3.35. The van der Waals surface area contributed by atoms with Gasteiger partial charge >= 0.3 is 0 Å². The first-order chi connectivity index (χ1) is 13.7. The van der Waals surface area contributed by atoms with E-state index in [0.29, 0.717) is 5.57 Å². The molecule has 136 valence electrons. The lowest BCUT2D eigenvalue weighted by molar-refractivity contribution is -0.110. The number of amides is 1. The van der Waals surface area contributed by atoms with Gasteiger partial charge in [-0.3, -0.25) is 4.79 Å². The van der Waals surface area contributed by atoms with Crippen molar-refractivity contribution in [1.29, 1.82) is 0 Å². The lowest BCUT2D eigenvalue weighted by atomic mass is 10.0. The lowest BCUT2D eigenvalue weighted by Crippen LogP contribution is -2.05. The summed E-state index contributed by atoms with van der Waals surface area (Å²) in [5, 5.41) is 17.8. The number of rotatable bonds is 3. The molecule has 4 aromatic rings. The molecule has 0 aliphatic carbocycles. The summed E-state index contributed by atoms with van der Waals surface area (Å²) < 4.78 is 5.43. The molecule has 0 fully saturated rings. The van der Waals surface area contributed by atoms with Crippen molar-refractivity contribution in [3.63, 3.8) is 0 Å². The molecule has 1 amide bonds. The smallest absolute Gasteiger partial charge is 0.257 e. The Labute approximate surface area is 160 Å². The van der Waals surface area contributed by atoms with Gasteiger partial charge in [-0.1, -0.05) is 36.4 Å². The number of anilines is 2. The van der Waals surface area contributed by atoms with Crippen molar-refractivity contribution in [1.82, 2.24) is 0 Å². The van der Waals surface area contributed by atoms with Gasteiger partial charge in [0.2, 0.25) is 0 Å². The normalized spacial score (nSPS) is 14.3. The van der Waals surface area contributed by atoms with E-state index in [2.05, 4.69) is 10.6 Å². The van der Waals surface area contributed by atoms with E-state index < -0.39 is 0 Å². The van der Waals surface area contributed by atoms with Crippen LogP contribution in [0.1, 0.15) is 5.56 Å². The molecule has 3 aromatic carbocycles. The first-order valence-corrected chi connectivity index (χ1v) is 8.88. The van der Waals surface area contributed by atoms with Crippen molar-refractivity contribution in [2.75, 3.05) is 10.6 Å². The fourth-order valence-corrected chi connectivity index (χ4v) is 3.49. The van der Waals surface area contributed by atoms with Crippen LogP contribution in [-0.4, -0.2) is 11.0 Å². The maximum Gasteiger partial charge on any atom is 0.257 e. The highest BCUT2D eigenvalue weighted by Gasteiger charge is 2.24. The van der Waals surface area contributed by atoms with E-state index in [1.165, 1.54) is 0 Å². The summed E-state index contributed by atoms with van der Waals surface area (Å²) in [7, 11) is 0. The highest BCUT2D eigenvalue weighted by Crippen LogP contribution is 2.36. The van der Waals surface area contributed by atoms with E-state index in [1.54, 1.807) is 24.6 Å². The minimum absolute atomic E-state index is 0.165. The number of hydrogen-bond acceptors (Lipinski definition) is 4. The summed E-state index contributed by atoms with van der Waals surface area (Å²) in [4.78, 5) is 12.5. The fraction of sp³-hybridized carbons (Fsp3) is 0. The number of phenols is 1. The molecule has 0 saturated carbocycles. The molecule has 0 unspecified atom stereocenters. The Morgan fingerprint density at radius 3 is 2.64 bits per heavy atom. The average molecular weight is 368 g/mol. The van der Waals surface area contributed by atoms with Crippen LogP contribution < -0.4 is 10.6 Å². The molecule has 0 bridgehead atoms. The number of aromatic hydroxyl groups is 1. The summed E-state index contributed by atoms with van der Waals surface area (Å²) in [5.41, 5.74) is 3.86. The molecule has 1 aromatic heterocycles. The largest absolute Gasteiger partial charge is 0.507 e. The third-order valence-electron chi connectivity index (χ3n) is 4.88. The number of nitrogens with one attached hydrogen (secondary N) is 2. The number of hydrogen-bond donors (Lipinski definition) is 3. The third-order valence-corrected chi connectivity index (χ3v) is 4.88. The van der Waals surface area contributed by atoms with Crippen molar-refractivity contribution < 1.29 is 14.3 Å². The number of carbonyl (C=O) groups excluding carboxylic acids is 1. The third kappa shape index (κ3) is 2.61. The van der Waals surface area contributed by atoms with E-state index in [9.17, 15) is 9.90 Å². The van der Waals surface area contributed by atoms with Gasteiger partial charge in [0.15, 0.2) is 0 Å². The predicted molar refractivity (Wildman–Crippen MR) is 110 cm³/mol. The second-order valence-corrected chi connectivity index (χ2v) is 6.57. The molecule has 28 heavy (non-hydrogen) atoms. The zero-order valence-corrected chi connectivity index (χ0v) is 14.8. The summed E-state index contributed by atoms with van der Waals surface area (Å²) in [5.74, 6) is 0.813. The Balaban J connectivity index is 1.51. The van der Waals surface area contributed by atoms with Crippen molar-refractivity contribution in [3.8, 4) is 17.1 Å². The molecule has 0 radical (unpaired) electrons. The summed E-state index contributed by atoms with van der Waals surface area (Å²) >= 11 is 0. The van der Waals surface area contributed by atoms with E-state index in [4.69, 9.17) is 4.42 Å². The predicted octanol–water partition coefficient (Wildman–Crippen LogP) is 5.21. The van der Waals surface area contributed by atoms with Crippen LogP contribution in [0.15, 0.2) is 83.6 Å². The van der Waals surface area contributed by atoms with Gasteiger partial charge < -0.3 is 20.2 Å². The van der Waals surface area contributed by atoms with Gasteiger partial charge in [0.05, 0.1) is 11.8 Å². The molecule has 3 N–H and O–H groups in total. The number of phenolic OH excluding ortho intramolecular Hbond substituents is 1. The number of benzene rings is 3. The fourth-order valence-electron chi connectivity index (χ4n) is 3.49. The van der Waals surface area contributed by atoms with E-state index in [0.717, 1.165) is 39.0 Å². The lowest BCUT2D eigenvalue weighted by Gasteiger charge is -2.08. The monoisotopic (exact) mass is 368 g/mol. The Hall–Kier alpha value is -3.99. The first kappa shape index (κ1) is 16.2. The highest BCUT2D eigenvalue weighted by molar-refractivity contribution is 6.32. The molecule has 0 atom stereocenters. The minimum atomic E-state index is -0.165. The molecule has 5 rings (SSSR count). The van der Waals surface area contributed by atoms with E-state index in [-0.39, 0.29) is 11.7 Å². The van der Waals surface area contributed by atoms with Gasteiger partial charge in [0.25, 0.3) is 5.91 Å². The van der Waals surface area contributed by atoms with Crippen molar-refractivity contribution in [2.45, 2.75) is 0 Å². The van der Waals surface area contributed by atoms with Gasteiger partial charge in [0.1, 0.15) is 11.5 Å². The van der Waals surface area contributed by atoms with Gasteiger partial charge in [-0.15, -0.1) is 0 Å². The second kappa shape index (κ2) is 6.32. The van der Waals surface area contributed by atoms with E-state index >= 15 is 0 Å². The topological polar surface area (TPSA) is 74.5 Å². The van der Waals surface area contributed by atoms with Crippen LogP contribution >= 0.6 is 0 Å². The van der Waals surface area contributed by atoms with Crippen LogP contribution in [0.2, 0.25) is 0 Å². The Morgan fingerprint density at radius 2 is 1.82 bits per heavy atom. The van der Waals surface area contributed by atoms with Crippen LogP contribution in [0, 0.1) is 0 Å². The quantitative estimate of drug-likeness (QED) is 0.343. The molecule has 1 aliphatic rings. The number of furan rings is 1. The maximum absolute atomic E-state index is 12.5. The maximum atomic E-state index is 12.5. The molecule has 0 spiro atoms. The first-order valence-electron chi connectivity index (χ1n) is 8.88. The van der Waals surface area contributed by atoms with Crippen molar-refractivity contribution in [2.24, 2.45) is 0 Å². The Bertz CT molecular complexity index is 1240.